The van der Waals surface area contributed by atoms with Crippen molar-refractivity contribution < 1.29 is 75.8 Å². The van der Waals surface area contributed by atoms with Gasteiger partial charge in [0.25, 0.3) is 0 Å². The summed E-state index contributed by atoms with van der Waals surface area (Å²) in [5, 5.41) is 20.8. The van der Waals surface area contributed by atoms with Gasteiger partial charge >= 0.3 is 33.6 Å². The lowest BCUT2D eigenvalue weighted by Crippen LogP contribution is -2.30. The molecule has 18 heteroatoms. The molecule has 0 aromatic rings. The lowest BCUT2D eigenvalue weighted by atomic mass is 10.0. The Kier molecular flexibility index (Phi) is 88.6. The second-order valence-corrected chi connectivity index (χ2v) is 34.7. The van der Waals surface area contributed by atoms with E-state index in [4.69, 9.17) is 32.3 Å². The van der Waals surface area contributed by atoms with Crippen LogP contribution in [0.25, 0.3) is 0 Å². The number of rotatable bonds is 90. The predicted molar refractivity (Wildman–Crippen MR) is 500 cm³/mol. The standard InChI is InChI=1S/C101H174O16P2/c1-4-7-10-13-16-19-22-25-28-31-34-37-39-41-43-44-45-46-47-48-49-50-52-54-55-58-60-63-66-69-72-75-78-81-84-87-99(104)111-90-96(102)91-113-118(107,108)114-92-97(103)93-115-119(109,110)116-95-98(117-101(106)89-86-83-80-77-74-71-68-65-62-57-36-33-30-27-24-21-18-15-12-9-6-3)94-112-100(105)88-85-82-79-76-73-70-67-64-61-59-56-53-51-42-40-38-35-32-29-26-23-20-17-14-11-8-5-2/h9,12,16-21,25-30,34-38,41-43,51,57,65,68,96-98,102-103H,4-8,10-11,13-15,22-24,31-33,39-40,44-50,52-56,58-64,66-67,69-95H2,1-3H3,(H,107,108)(H,109,110)/b12-9-,19-16-,20-17-,21-18-,28-25-,29-26-,30-27-,37-34-,38-35-,43-41-,51-42-,57-36-,68-65-. The van der Waals surface area contributed by atoms with Crippen LogP contribution in [-0.2, 0) is 55.8 Å². The zero-order valence-electron chi connectivity index (χ0n) is 75.5. The van der Waals surface area contributed by atoms with E-state index < -0.39 is 91.5 Å². The molecular weight excluding hydrogens is 1530 g/mol. The minimum Gasteiger partial charge on any atom is -0.463 e. The first-order chi connectivity index (χ1) is 58.2. The average Bonchev–Trinajstić information content (AvgIpc) is 0.909. The van der Waals surface area contributed by atoms with Gasteiger partial charge in [-0.1, -0.05) is 391 Å². The first kappa shape index (κ1) is 114. The third kappa shape index (κ3) is 93.7. The van der Waals surface area contributed by atoms with Crippen molar-refractivity contribution in [1.29, 1.82) is 0 Å². The topological polar surface area (TPSA) is 231 Å². The summed E-state index contributed by atoms with van der Waals surface area (Å²) >= 11 is 0. The van der Waals surface area contributed by atoms with Crippen LogP contribution in [0.4, 0.5) is 0 Å². The Morgan fingerprint density at radius 2 is 0.445 bits per heavy atom. The molecule has 0 fully saturated rings. The molecule has 0 aliphatic heterocycles. The van der Waals surface area contributed by atoms with E-state index in [2.05, 4.69) is 179 Å². The first-order valence-corrected chi connectivity index (χ1v) is 50.8. The van der Waals surface area contributed by atoms with E-state index in [1.165, 1.54) is 193 Å². The molecule has 5 atom stereocenters. The Labute approximate surface area is 727 Å². The summed E-state index contributed by atoms with van der Waals surface area (Å²) < 4.78 is 61.5. The molecule has 0 aliphatic carbocycles. The van der Waals surface area contributed by atoms with E-state index in [1.54, 1.807) is 0 Å². The SMILES string of the molecule is CC/C=C\C/C=C\C/C=C\C/C=C\C/C=C\CCCCCCCC(=O)OC(COC(=O)CCCCCCCCCCCCC/C=C\C/C=C\C/C=C\C/C=C\CCCCC)COP(=O)(O)OCC(O)COP(=O)(O)OCC(O)COC(=O)CCCCCCCCCCCCCCCCCCCCC/C=C\C/C=C\C/C=C\C/C=C\CCCCC. The Balaban J connectivity index is 4.54. The highest BCUT2D eigenvalue weighted by atomic mass is 31.2. The summed E-state index contributed by atoms with van der Waals surface area (Å²) in [6, 6.07) is 0. The third-order valence-corrected chi connectivity index (χ3v) is 22.1. The number of phosphoric ester groups is 2. The number of aliphatic hydroxyl groups is 2. The van der Waals surface area contributed by atoms with Crippen molar-refractivity contribution in [2.45, 2.75) is 424 Å². The number of phosphoric acid groups is 2. The minimum atomic E-state index is -4.95. The van der Waals surface area contributed by atoms with Gasteiger partial charge in [-0.2, -0.15) is 0 Å². The molecule has 0 spiro atoms. The normalized spacial score (nSPS) is 14.4. The molecule has 4 N–H and O–H groups in total. The van der Waals surface area contributed by atoms with Gasteiger partial charge in [-0.3, -0.25) is 32.5 Å². The molecule has 0 bridgehead atoms. The summed E-state index contributed by atoms with van der Waals surface area (Å²) in [7, 11) is -9.82. The highest BCUT2D eigenvalue weighted by Crippen LogP contribution is 2.45. The highest BCUT2D eigenvalue weighted by Gasteiger charge is 2.30. The maximum Gasteiger partial charge on any atom is 0.472 e. The van der Waals surface area contributed by atoms with Crippen LogP contribution in [-0.4, -0.2) is 95.9 Å². The van der Waals surface area contributed by atoms with Gasteiger partial charge in [0, 0.05) is 19.3 Å². The molecule has 16 nitrogen and oxygen atoms in total. The molecule has 0 amide bonds. The van der Waals surface area contributed by atoms with Crippen LogP contribution in [0.15, 0.2) is 158 Å². The summed E-state index contributed by atoms with van der Waals surface area (Å²) in [4.78, 5) is 59.0. The molecule has 0 aromatic heterocycles. The molecular formula is C101H174O16P2. The number of carbonyl (C=O) groups excluding carboxylic acids is 3. The van der Waals surface area contributed by atoms with E-state index in [0.717, 1.165) is 154 Å². The number of hydrogen-bond acceptors (Lipinski definition) is 14. The van der Waals surface area contributed by atoms with Crippen LogP contribution in [0.3, 0.4) is 0 Å². The van der Waals surface area contributed by atoms with E-state index in [1.807, 2.05) is 0 Å². The molecule has 0 saturated carbocycles. The number of allylic oxidation sites excluding steroid dienone is 26. The van der Waals surface area contributed by atoms with E-state index in [9.17, 15) is 43.5 Å². The smallest absolute Gasteiger partial charge is 0.463 e. The van der Waals surface area contributed by atoms with Crippen molar-refractivity contribution in [1.82, 2.24) is 0 Å². The lowest BCUT2D eigenvalue weighted by molar-refractivity contribution is -0.161. The van der Waals surface area contributed by atoms with Crippen molar-refractivity contribution in [3.63, 3.8) is 0 Å². The van der Waals surface area contributed by atoms with Crippen LogP contribution in [0.1, 0.15) is 406 Å². The largest absolute Gasteiger partial charge is 0.472 e. The predicted octanol–water partition coefficient (Wildman–Crippen LogP) is 29.7. The molecule has 0 aliphatic rings. The molecule has 5 unspecified atom stereocenters. The maximum atomic E-state index is 13.1. The first-order valence-electron chi connectivity index (χ1n) is 47.8. The zero-order chi connectivity index (χ0) is 86.5. The van der Waals surface area contributed by atoms with Crippen LogP contribution in [0.2, 0.25) is 0 Å². The fourth-order valence-electron chi connectivity index (χ4n) is 13.0. The number of hydrogen-bond donors (Lipinski definition) is 4. The third-order valence-electron chi connectivity index (χ3n) is 20.2. The van der Waals surface area contributed by atoms with Gasteiger partial charge in [-0.15, -0.1) is 0 Å². The number of unbranched alkanes of at least 4 members (excludes halogenated alkanes) is 41. The quantitative estimate of drug-likeness (QED) is 0.0146. The summed E-state index contributed by atoms with van der Waals surface area (Å²) in [5.41, 5.74) is 0. The second-order valence-electron chi connectivity index (χ2n) is 31.8. The second kappa shape index (κ2) is 92.4. The van der Waals surface area contributed by atoms with E-state index in [-0.39, 0.29) is 19.3 Å². The van der Waals surface area contributed by atoms with Gasteiger partial charge in [0.1, 0.15) is 25.4 Å². The molecule has 0 saturated heterocycles. The van der Waals surface area contributed by atoms with Crippen molar-refractivity contribution >= 4 is 33.6 Å². The van der Waals surface area contributed by atoms with Gasteiger partial charge in [0.2, 0.25) is 0 Å². The Hall–Kier alpha value is -4.83. The van der Waals surface area contributed by atoms with Crippen LogP contribution in [0, 0.1) is 0 Å². The van der Waals surface area contributed by atoms with E-state index >= 15 is 0 Å². The van der Waals surface area contributed by atoms with Gasteiger partial charge in [-0.25, -0.2) is 9.13 Å². The van der Waals surface area contributed by atoms with Gasteiger partial charge < -0.3 is 34.2 Å². The minimum absolute atomic E-state index is 0.0781. The average molecular weight is 1710 g/mol. The van der Waals surface area contributed by atoms with Crippen LogP contribution >= 0.6 is 15.6 Å². The number of ether oxygens (including phenoxy) is 3. The number of carbonyl (C=O) groups is 3. The molecule has 684 valence electrons. The number of esters is 3. The molecule has 0 radical (unpaired) electrons. The van der Waals surface area contributed by atoms with E-state index in [0.29, 0.717) is 19.3 Å². The fourth-order valence-corrected chi connectivity index (χ4v) is 14.6. The van der Waals surface area contributed by atoms with Crippen LogP contribution < -0.4 is 0 Å². The summed E-state index contributed by atoms with van der Waals surface area (Å²) in [5.74, 6) is -1.59. The lowest BCUT2D eigenvalue weighted by Gasteiger charge is -2.21. The van der Waals surface area contributed by atoms with Gasteiger partial charge in [-0.05, 0) is 154 Å². The summed E-state index contributed by atoms with van der Waals surface area (Å²) in [6.45, 7) is 2.54. The molecule has 0 rings (SSSR count). The highest BCUT2D eigenvalue weighted by molar-refractivity contribution is 7.47. The van der Waals surface area contributed by atoms with Crippen molar-refractivity contribution in [2.24, 2.45) is 0 Å². The van der Waals surface area contributed by atoms with Crippen molar-refractivity contribution in [3.8, 4) is 0 Å². The fraction of sp³-hybridized carbons (Fsp3) is 0.713. The monoisotopic (exact) mass is 1710 g/mol. The van der Waals surface area contributed by atoms with Crippen LogP contribution in [0.5, 0.6) is 0 Å². The summed E-state index contributed by atoms with van der Waals surface area (Å²) in [6.07, 6.45) is 119. The zero-order valence-corrected chi connectivity index (χ0v) is 77.3. The molecule has 0 aromatic carbocycles. The Morgan fingerprint density at radius 3 is 0.706 bits per heavy atom. The Bertz CT molecular complexity index is 2790. The number of aliphatic hydroxyl groups excluding tert-OH is 2. The van der Waals surface area contributed by atoms with Crippen molar-refractivity contribution in [2.75, 3.05) is 39.6 Å². The van der Waals surface area contributed by atoms with Gasteiger partial charge in [0.05, 0.1) is 26.4 Å². The molecule has 0 heterocycles. The Morgan fingerprint density at radius 1 is 0.244 bits per heavy atom. The van der Waals surface area contributed by atoms with Crippen molar-refractivity contribution in [3.05, 3.63) is 158 Å². The van der Waals surface area contributed by atoms with Gasteiger partial charge in [0.15, 0.2) is 6.10 Å². The maximum absolute atomic E-state index is 13.1. The molecule has 119 heavy (non-hydrogen) atoms.